The van der Waals surface area contributed by atoms with Gasteiger partial charge in [-0.15, -0.1) is 0 Å². The third kappa shape index (κ3) is 7.02. The van der Waals surface area contributed by atoms with E-state index >= 15 is 0 Å². The summed E-state index contributed by atoms with van der Waals surface area (Å²) < 4.78 is 35.6. The number of nitrogens with one attached hydrogen (secondary N) is 3. The Morgan fingerprint density at radius 2 is 1.77 bits per heavy atom. The second-order valence-corrected chi connectivity index (χ2v) is 11.4. The maximum absolute atomic E-state index is 13.5. The minimum absolute atomic E-state index is 0.0484. The molecule has 0 saturated carbocycles. The fourth-order valence-corrected chi connectivity index (χ4v) is 5.17. The molecule has 3 aromatic carbocycles. The number of benzene rings is 3. The average Bonchev–Trinajstić information content (AvgIpc) is 2.94. The predicted octanol–water partition coefficient (Wildman–Crippen LogP) is 4.60. The van der Waals surface area contributed by atoms with Crippen LogP contribution < -0.4 is 20.1 Å². The number of likely N-dealkylation sites (N-methyl/N-ethyl adjacent to an activating group) is 1. The summed E-state index contributed by atoms with van der Waals surface area (Å²) in [6, 6.07) is 15.2. The highest BCUT2D eigenvalue weighted by Gasteiger charge is 2.23. The van der Waals surface area contributed by atoms with Crippen LogP contribution in [0.4, 0.5) is 17.3 Å². The van der Waals surface area contributed by atoms with E-state index in [1.165, 1.54) is 43.5 Å². The van der Waals surface area contributed by atoms with Crippen molar-refractivity contribution in [3.05, 3.63) is 71.2 Å². The van der Waals surface area contributed by atoms with Gasteiger partial charge in [0.25, 0.3) is 15.9 Å². The van der Waals surface area contributed by atoms with E-state index in [1.807, 2.05) is 11.9 Å². The van der Waals surface area contributed by atoms with Crippen LogP contribution in [0.3, 0.4) is 0 Å². The zero-order valence-corrected chi connectivity index (χ0v) is 25.2. The lowest BCUT2D eigenvalue weighted by atomic mass is 10.2. The first kappa shape index (κ1) is 29.6. The molecule has 0 fully saturated rings. The van der Waals surface area contributed by atoms with Gasteiger partial charge in [-0.25, -0.2) is 18.4 Å². The summed E-state index contributed by atoms with van der Waals surface area (Å²) in [5.74, 6) is -0.345. The highest BCUT2D eigenvalue weighted by atomic mass is 127. The van der Waals surface area contributed by atoms with Gasteiger partial charge in [-0.1, -0.05) is 46.3 Å². The van der Waals surface area contributed by atoms with Crippen LogP contribution >= 0.6 is 34.2 Å². The number of halogens is 2. The average molecular weight is 697 g/mol. The molecule has 0 bridgehead atoms. The number of para-hydroxylation sites is 2. The number of phenolic OH excluding ortho intramolecular Hbond substituents is 1. The molecule has 0 spiro atoms. The number of aromatic hydroxyl groups is 1. The van der Waals surface area contributed by atoms with Gasteiger partial charge in [-0.3, -0.25) is 14.4 Å². The lowest BCUT2D eigenvalue weighted by Crippen LogP contribution is -2.32. The zero-order valence-electron chi connectivity index (χ0n) is 21.5. The lowest BCUT2D eigenvalue weighted by molar-refractivity contribution is 0.0947. The molecule has 11 nitrogen and oxygen atoms in total. The number of sulfonamides is 1. The van der Waals surface area contributed by atoms with E-state index < -0.39 is 15.9 Å². The number of amides is 1. The summed E-state index contributed by atoms with van der Waals surface area (Å²) in [5, 5.41) is 15.9. The number of anilines is 3. The number of aromatic nitrogens is 2. The van der Waals surface area contributed by atoms with E-state index in [0.29, 0.717) is 29.8 Å². The molecule has 14 heteroatoms. The number of phenols is 1. The van der Waals surface area contributed by atoms with Gasteiger partial charge >= 0.3 is 0 Å². The Labute approximate surface area is 250 Å². The number of carbonyl (C=O) groups is 1. The predicted molar refractivity (Wildman–Crippen MR) is 164 cm³/mol. The maximum Gasteiger partial charge on any atom is 0.263 e. The summed E-state index contributed by atoms with van der Waals surface area (Å²) in [5.41, 5.74) is 1.31. The number of ether oxygens (including phenoxy) is 1. The second kappa shape index (κ2) is 12.8. The van der Waals surface area contributed by atoms with Crippen LogP contribution in [0.25, 0.3) is 11.0 Å². The fourth-order valence-electron chi connectivity index (χ4n) is 3.63. The molecule has 40 heavy (non-hydrogen) atoms. The number of methoxy groups -OCH3 is 1. The molecular formula is C26H26ClIN6O5S. The molecule has 0 aliphatic rings. The summed E-state index contributed by atoms with van der Waals surface area (Å²) >= 11 is 8.49. The number of hydrogen-bond acceptors (Lipinski definition) is 9. The molecule has 4 N–H and O–H groups in total. The number of nitrogens with zero attached hydrogens (tertiary/aromatic N) is 3. The molecule has 4 aromatic rings. The van der Waals surface area contributed by atoms with Crippen molar-refractivity contribution in [1.82, 2.24) is 20.2 Å². The van der Waals surface area contributed by atoms with Crippen molar-refractivity contribution in [3.8, 4) is 11.5 Å². The molecule has 0 unspecified atom stereocenters. The minimum atomic E-state index is -4.25. The smallest absolute Gasteiger partial charge is 0.263 e. The Balaban J connectivity index is 1.69. The molecule has 210 valence electrons. The standard InChI is InChI=1S/C26H26ClIN6O5S/c1-34(15-28)12-11-29-26(36)18-14-17(8-10-23(18)39-2)40(37,38)33-25-24(30-20-5-3-4-6-21(20)31-25)32-22-13-16(35)7-9-19(22)27/h3-10,13-14,35H,11-12,15H2,1-2H3,(H,29,36)(H,30,32)(H,31,33). The first-order valence-electron chi connectivity index (χ1n) is 11.9. The minimum Gasteiger partial charge on any atom is -0.508 e. The second-order valence-electron chi connectivity index (χ2n) is 8.62. The van der Waals surface area contributed by atoms with Crippen LogP contribution in [0.15, 0.2) is 65.6 Å². The van der Waals surface area contributed by atoms with Crippen LogP contribution in [0.2, 0.25) is 5.02 Å². The quantitative estimate of drug-likeness (QED) is 0.100. The zero-order chi connectivity index (χ0) is 28.9. The molecule has 4 rings (SSSR count). The van der Waals surface area contributed by atoms with Crippen molar-refractivity contribution in [1.29, 1.82) is 0 Å². The number of fused-ring (bicyclic) bond motifs is 1. The van der Waals surface area contributed by atoms with Gasteiger partial charge in [-0.05, 0) is 49.5 Å². The summed E-state index contributed by atoms with van der Waals surface area (Å²) in [7, 11) is -0.931. The molecule has 1 amide bonds. The number of rotatable bonds is 11. The van der Waals surface area contributed by atoms with Crippen molar-refractivity contribution in [2.45, 2.75) is 4.90 Å². The molecule has 1 heterocycles. The number of carbonyl (C=O) groups excluding carboxylic acids is 1. The van der Waals surface area contributed by atoms with Crippen molar-refractivity contribution in [2.24, 2.45) is 0 Å². The van der Waals surface area contributed by atoms with Crippen LogP contribution in [-0.2, 0) is 10.0 Å². The van der Waals surface area contributed by atoms with E-state index in [-0.39, 0.29) is 38.6 Å². The molecular weight excluding hydrogens is 671 g/mol. The largest absolute Gasteiger partial charge is 0.508 e. The Morgan fingerprint density at radius 1 is 1.07 bits per heavy atom. The Bertz CT molecular complexity index is 1660. The molecule has 1 aromatic heterocycles. The normalized spacial score (nSPS) is 11.4. The summed E-state index contributed by atoms with van der Waals surface area (Å²) in [4.78, 5) is 23.7. The Morgan fingerprint density at radius 3 is 2.45 bits per heavy atom. The van der Waals surface area contributed by atoms with Gasteiger partial charge in [-0.2, -0.15) is 0 Å². The Kier molecular flexibility index (Phi) is 9.50. The number of hydrogen-bond donors (Lipinski definition) is 4. The van der Waals surface area contributed by atoms with E-state index in [2.05, 4.69) is 47.9 Å². The molecule has 0 atom stereocenters. The van der Waals surface area contributed by atoms with Crippen molar-refractivity contribution in [2.75, 3.05) is 41.8 Å². The lowest BCUT2D eigenvalue weighted by Gasteiger charge is -2.16. The highest BCUT2D eigenvalue weighted by molar-refractivity contribution is 14.1. The van der Waals surface area contributed by atoms with Crippen LogP contribution in [0.5, 0.6) is 11.5 Å². The van der Waals surface area contributed by atoms with Crippen molar-refractivity contribution in [3.63, 3.8) is 0 Å². The monoisotopic (exact) mass is 696 g/mol. The summed E-state index contributed by atoms with van der Waals surface area (Å²) in [6.45, 7) is 0.992. The van der Waals surface area contributed by atoms with E-state index in [4.69, 9.17) is 16.3 Å². The van der Waals surface area contributed by atoms with Crippen LogP contribution in [0.1, 0.15) is 10.4 Å². The van der Waals surface area contributed by atoms with Crippen molar-refractivity contribution >= 4 is 78.5 Å². The topological polar surface area (TPSA) is 146 Å². The third-order valence-corrected chi connectivity index (χ3v) is 8.54. The highest BCUT2D eigenvalue weighted by Crippen LogP contribution is 2.33. The van der Waals surface area contributed by atoms with E-state index in [0.717, 1.165) is 4.55 Å². The van der Waals surface area contributed by atoms with Gasteiger partial charge < -0.3 is 20.5 Å². The maximum atomic E-state index is 13.5. The molecule has 0 aliphatic carbocycles. The van der Waals surface area contributed by atoms with Gasteiger partial charge in [0.1, 0.15) is 11.5 Å². The van der Waals surface area contributed by atoms with Gasteiger partial charge in [0.2, 0.25) is 0 Å². The first-order chi connectivity index (χ1) is 19.1. The van der Waals surface area contributed by atoms with E-state index in [1.54, 1.807) is 24.3 Å². The molecule has 0 aliphatic heterocycles. The van der Waals surface area contributed by atoms with E-state index in [9.17, 15) is 18.3 Å². The van der Waals surface area contributed by atoms with Gasteiger partial charge in [0, 0.05) is 19.2 Å². The van der Waals surface area contributed by atoms with Gasteiger partial charge in [0.05, 0.1) is 43.9 Å². The third-order valence-electron chi connectivity index (χ3n) is 5.71. The Hall–Kier alpha value is -3.40. The van der Waals surface area contributed by atoms with Crippen LogP contribution in [-0.4, -0.2) is 66.1 Å². The molecule has 0 saturated heterocycles. The van der Waals surface area contributed by atoms with Crippen molar-refractivity contribution < 1.29 is 23.1 Å². The first-order valence-corrected chi connectivity index (χ1v) is 15.3. The summed E-state index contributed by atoms with van der Waals surface area (Å²) in [6.07, 6.45) is 0. The van der Waals surface area contributed by atoms with Gasteiger partial charge in [0.15, 0.2) is 11.6 Å². The SMILES string of the molecule is COc1ccc(S(=O)(=O)Nc2nc3ccccc3nc2Nc2cc(O)ccc2Cl)cc1C(=O)NCCN(C)CI. The van der Waals surface area contributed by atoms with Crippen LogP contribution in [0, 0.1) is 0 Å². The fraction of sp³-hybridized carbons (Fsp3) is 0.192. The number of alkyl halides is 1. The molecule has 0 radical (unpaired) electrons.